The quantitative estimate of drug-likeness (QED) is 0.679. The Morgan fingerprint density at radius 1 is 1.79 bits per heavy atom. The van der Waals surface area contributed by atoms with Crippen molar-refractivity contribution >= 4 is 5.78 Å². The molecule has 4 heteroatoms. The molecule has 0 saturated carbocycles. The Labute approximate surface area is 83.1 Å². The van der Waals surface area contributed by atoms with Crippen molar-refractivity contribution in [2.45, 2.75) is 20.3 Å². The minimum Gasteiger partial charge on any atom is -0.294 e. The van der Waals surface area contributed by atoms with Crippen LogP contribution in [0.4, 0.5) is 0 Å². The fourth-order valence-corrected chi connectivity index (χ4v) is 1.34. The molecule has 14 heavy (non-hydrogen) atoms. The van der Waals surface area contributed by atoms with E-state index in [1.165, 1.54) is 0 Å². The van der Waals surface area contributed by atoms with Crippen LogP contribution in [0.15, 0.2) is 6.20 Å². The summed E-state index contributed by atoms with van der Waals surface area (Å²) in [6.07, 6.45) is 1.96. The number of hydrogen-bond donors (Lipinski definition) is 0. The molecule has 74 valence electrons. The van der Waals surface area contributed by atoms with Crippen LogP contribution in [0.25, 0.3) is 0 Å². The third-order valence-corrected chi connectivity index (χ3v) is 2.12. The molecule has 0 aliphatic rings. The zero-order valence-electron chi connectivity index (χ0n) is 8.61. The summed E-state index contributed by atoms with van der Waals surface area (Å²) in [6, 6.07) is 2.00. The molecule has 1 rings (SSSR count). The van der Waals surface area contributed by atoms with Gasteiger partial charge in [-0.3, -0.25) is 9.48 Å². The average Bonchev–Trinajstić information content (AvgIpc) is 2.44. The molecule has 0 fully saturated rings. The molecule has 0 aliphatic heterocycles. The van der Waals surface area contributed by atoms with Gasteiger partial charge in [-0.05, 0) is 6.92 Å². The van der Waals surface area contributed by atoms with Gasteiger partial charge in [0.15, 0.2) is 5.78 Å². The molecule has 0 aromatic carbocycles. The summed E-state index contributed by atoms with van der Waals surface area (Å²) in [7, 11) is 1.78. The number of carbonyl (C=O) groups is 1. The first-order valence-corrected chi connectivity index (χ1v) is 4.47. The van der Waals surface area contributed by atoms with E-state index in [1.54, 1.807) is 31.8 Å². The molecule has 0 bridgehead atoms. The Morgan fingerprint density at radius 2 is 2.43 bits per heavy atom. The Balaban J connectivity index is 2.90. The number of hydrogen-bond acceptors (Lipinski definition) is 3. The van der Waals surface area contributed by atoms with Crippen LogP contribution in [0, 0.1) is 24.2 Å². The lowest BCUT2D eigenvalue weighted by atomic mass is 9.98. The van der Waals surface area contributed by atoms with Crippen LogP contribution < -0.4 is 0 Å². The molecule has 0 amide bonds. The van der Waals surface area contributed by atoms with Gasteiger partial charge < -0.3 is 0 Å². The fraction of sp³-hybridized carbons (Fsp3) is 0.500. The smallest absolute Gasteiger partial charge is 0.170 e. The molecule has 1 unspecified atom stereocenters. The lowest BCUT2D eigenvalue weighted by Crippen LogP contribution is -2.11. The first-order chi connectivity index (χ1) is 6.56. The van der Waals surface area contributed by atoms with Crippen LogP contribution in [0.5, 0.6) is 0 Å². The zero-order valence-corrected chi connectivity index (χ0v) is 8.61. The minimum atomic E-state index is -0.247. The van der Waals surface area contributed by atoms with E-state index in [4.69, 9.17) is 5.26 Å². The van der Waals surface area contributed by atoms with E-state index in [1.807, 2.05) is 6.07 Å². The van der Waals surface area contributed by atoms with Gasteiger partial charge in [-0.1, -0.05) is 6.92 Å². The van der Waals surface area contributed by atoms with Crippen molar-refractivity contribution < 1.29 is 4.79 Å². The summed E-state index contributed by atoms with van der Waals surface area (Å²) in [5.74, 6) is -0.250. The maximum atomic E-state index is 11.8. The van der Waals surface area contributed by atoms with Gasteiger partial charge in [-0.15, -0.1) is 0 Å². The molecule has 1 aromatic rings. The second-order valence-corrected chi connectivity index (χ2v) is 3.43. The molecule has 0 saturated heterocycles. The zero-order chi connectivity index (χ0) is 10.7. The van der Waals surface area contributed by atoms with Crippen molar-refractivity contribution in [1.29, 1.82) is 5.26 Å². The largest absolute Gasteiger partial charge is 0.294 e. The van der Waals surface area contributed by atoms with Gasteiger partial charge >= 0.3 is 0 Å². The normalized spacial score (nSPS) is 12.1. The first-order valence-electron chi connectivity index (χ1n) is 4.47. The molecule has 0 N–H and O–H groups in total. The van der Waals surface area contributed by atoms with Crippen LogP contribution in [-0.2, 0) is 7.05 Å². The third-order valence-electron chi connectivity index (χ3n) is 2.12. The van der Waals surface area contributed by atoms with Gasteiger partial charge in [0.25, 0.3) is 0 Å². The highest BCUT2D eigenvalue weighted by Gasteiger charge is 2.18. The molecular formula is C10H13N3O. The van der Waals surface area contributed by atoms with Crippen LogP contribution >= 0.6 is 0 Å². The molecule has 0 radical (unpaired) electrons. The first kappa shape index (κ1) is 10.5. The second kappa shape index (κ2) is 4.05. The summed E-state index contributed by atoms with van der Waals surface area (Å²) >= 11 is 0. The van der Waals surface area contributed by atoms with Crippen molar-refractivity contribution in [2.24, 2.45) is 13.0 Å². The van der Waals surface area contributed by atoms with Gasteiger partial charge in [-0.2, -0.15) is 10.4 Å². The fourth-order valence-electron chi connectivity index (χ4n) is 1.34. The molecule has 1 aromatic heterocycles. The lowest BCUT2D eigenvalue weighted by molar-refractivity contribution is 0.0931. The molecule has 0 spiro atoms. The number of aromatic nitrogens is 2. The second-order valence-electron chi connectivity index (χ2n) is 3.43. The Hall–Kier alpha value is -1.63. The Morgan fingerprint density at radius 3 is 2.86 bits per heavy atom. The molecular weight excluding hydrogens is 178 g/mol. The molecule has 0 aliphatic carbocycles. The Bertz CT molecular complexity index is 387. The topological polar surface area (TPSA) is 58.7 Å². The third kappa shape index (κ3) is 1.99. The van der Waals surface area contributed by atoms with E-state index in [0.717, 1.165) is 5.69 Å². The molecule has 4 nitrogen and oxygen atoms in total. The van der Waals surface area contributed by atoms with Crippen LogP contribution in [0.1, 0.15) is 29.4 Å². The van der Waals surface area contributed by atoms with Crippen molar-refractivity contribution in [1.82, 2.24) is 9.78 Å². The van der Waals surface area contributed by atoms with Gasteiger partial charge in [0.05, 0.1) is 17.3 Å². The van der Waals surface area contributed by atoms with Gasteiger partial charge in [0.1, 0.15) is 0 Å². The van der Waals surface area contributed by atoms with E-state index < -0.39 is 0 Å². The highest BCUT2D eigenvalue weighted by molar-refractivity contribution is 5.98. The number of nitriles is 1. The van der Waals surface area contributed by atoms with E-state index in [2.05, 4.69) is 5.10 Å². The summed E-state index contributed by atoms with van der Waals surface area (Å²) in [4.78, 5) is 11.8. The molecule has 1 heterocycles. The van der Waals surface area contributed by atoms with Crippen LogP contribution in [0.3, 0.4) is 0 Å². The maximum Gasteiger partial charge on any atom is 0.170 e. The number of ketones is 1. The summed E-state index contributed by atoms with van der Waals surface area (Å²) in [6.45, 7) is 3.56. The predicted molar refractivity (Wildman–Crippen MR) is 51.7 cm³/mol. The van der Waals surface area contributed by atoms with Gasteiger partial charge in [0.2, 0.25) is 0 Å². The predicted octanol–water partition coefficient (Wildman–Crippen LogP) is 1.46. The highest BCUT2D eigenvalue weighted by atomic mass is 16.1. The Kier molecular flexibility index (Phi) is 3.03. The van der Waals surface area contributed by atoms with Crippen molar-refractivity contribution in [3.63, 3.8) is 0 Å². The van der Waals surface area contributed by atoms with Crippen LogP contribution in [0.2, 0.25) is 0 Å². The monoisotopic (exact) mass is 191 g/mol. The van der Waals surface area contributed by atoms with Crippen molar-refractivity contribution in [3.8, 4) is 6.07 Å². The SMILES string of the molecule is Cc1nn(C)cc1C(=O)C(C)CC#N. The van der Waals surface area contributed by atoms with E-state index in [0.29, 0.717) is 5.56 Å². The average molecular weight is 191 g/mol. The number of Topliss-reactive ketones (excluding diaryl/α,β-unsaturated/α-hetero) is 1. The summed E-state index contributed by atoms with van der Waals surface area (Å²) in [5.41, 5.74) is 1.34. The summed E-state index contributed by atoms with van der Waals surface area (Å²) in [5, 5.41) is 12.6. The maximum absolute atomic E-state index is 11.8. The van der Waals surface area contributed by atoms with E-state index in [9.17, 15) is 4.79 Å². The molecule has 1 atom stereocenters. The lowest BCUT2D eigenvalue weighted by Gasteiger charge is -2.03. The number of carbonyl (C=O) groups excluding carboxylic acids is 1. The summed E-state index contributed by atoms with van der Waals surface area (Å²) < 4.78 is 1.61. The van der Waals surface area contributed by atoms with Crippen molar-refractivity contribution in [3.05, 3.63) is 17.5 Å². The van der Waals surface area contributed by atoms with Gasteiger partial charge in [-0.25, -0.2) is 0 Å². The van der Waals surface area contributed by atoms with E-state index >= 15 is 0 Å². The van der Waals surface area contributed by atoms with Gasteiger partial charge in [0, 0.05) is 25.6 Å². The number of nitrogens with zero attached hydrogens (tertiary/aromatic N) is 3. The standard InChI is InChI=1S/C10H13N3O/c1-7(4-5-11)10(14)9-6-13(3)12-8(9)2/h6-7H,4H2,1-3H3. The van der Waals surface area contributed by atoms with Crippen LogP contribution in [-0.4, -0.2) is 15.6 Å². The minimum absolute atomic E-state index is 0.00264. The number of aryl methyl sites for hydroxylation is 2. The van der Waals surface area contributed by atoms with E-state index in [-0.39, 0.29) is 18.1 Å². The van der Waals surface area contributed by atoms with Crippen molar-refractivity contribution in [2.75, 3.05) is 0 Å². The number of rotatable bonds is 3. The highest BCUT2D eigenvalue weighted by Crippen LogP contribution is 2.13.